The highest BCUT2D eigenvalue weighted by molar-refractivity contribution is 8.00. The van der Waals surface area contributed by atoms with E-state index >= 15 is 0 Å². The first-order chi connectivity index (χ1) is 17.0. The Bertz CT molecular complexity index is 1300. The summed E-state index contributed by atoms with van der Waals surface area (Å²) in [6.45, 7) is 3.76. The third-order valence-electron chi connectivity index (χ3n) is 6.57. The SMILES string of the molecule is COc1ccc2ccc(=O)n(CCN3C[C@H](CNCc4ccc5c(n4)NC(=O)CS5)[C@H](O)C3)c2c1. The van der Waals surface area contributed by atoms with Crippen molar-refractivity contribution in [2.24, 2.45) is 5.92 Å². The molecule has 10 heteroatoms. The number of methoxy groups -OCH3 is 1. The molecule has 0 bridgehead atoms. The molecule has 0 unspecified atom stereocenters. The smallest absolute Gasteiger partial charge is 0.251 e. The Morgan fingerprint density at radius 3 is 2.89 bits per heavy atom. The summed E-state index contributed by atoms with van der Waals surface area (Å²) in [6.07, 6.45) is -0.431. The normalized spacial score (nSPS) is 20.1. The maximum absolute atomic E-state index is 12.6. The molecule has 1 amide bonds. The van der Waals surface area contributed by atoms with Gasteiger partial charge in [0.25, 0.3) is 5.56 Å². The van der Waals surface area contributed by atoms with Gasteiger partial charge in [-0.3, -0.25) is 14.5 Å². The maximum Gasteiger partial charge on any atom is 0.251 e. The lowest BCUT2D eigenvalue weighted by molar-refractivity contribution is -0.113. The van der Waals surface area contributed by atoms with Gasteiger partial charge in [-0.05, 0) is 35.7 Å². The van der Waals surface area contributed by atoms with Gasteiger partial charge >= 0.3 is 0 Å². The quantitative estimate of drug-likeness (QED) is 0.432. The van der Waals surface area contributed by atoms with Gasteiger partial charge in [0.2, 0.25) is 5.91 Å². The van der Waals surface area contributed by atoms with Gasteiger partial charge in [0.15, 0.2) is 0 Å². The van der Waals surface area contributed by atoms with Crippen molar-refractivity contribution in [1.82, 2.24) is 19.8 Å². The minimum absolute atomic E-state index is 0.0285. The number of nitrogens with one attached hydrogen (secondary N) is 2. The van der Waals surface area contributed by atoms with E-state index in [2.05, 4.69) is 20.5 Å². The van der Waals surface area contributed by atoms with Crippen LogP contribution in [0, 0.1) is 5.92 Å². The van der Waals surface area contributed by atoms with Crippen LogP contribution in [-0.2, 0) is 17.9 Å². The first-order valence-electron chi connectivity index (χ1n) is 11.7. The van der Waals surface area contributed by atoms with Crippen LogP contribution in [0.4, 0.5) is 5.82 Å². The number of likely N-dealkylation sites (tertiary alicyclic amines) is 1. The topological polar surface area (TPSA) is 109 Å². The van der Waals surface area contributed by atoms with Gasteiger partial charge in [0, 0.05) is 57.3 Å². The zero-order chi connectivity index (χ0) is 24.4. The predicted molar refractivity (Wildman–Crippen MR) is 136 cm³/mol. The summed E-state index contributed by atoms with van der Waals surface area (Å²) in [5.41, 5.74) is 1.65. The number of fused-ring (bicyclic) bond motifs is 2. The number of aliphatic hydroxyl groups excluding tert-OH is 1. The molecule has 1 aromatic carbocycles. The number of amides is 1. The summed E-state index contributed by atoms with van der Waals surface area (Å²) in [6, 6.07) is 13.1. The molecule has 3 aromatic rings. The molecule has 0 radical (unpaired) electrons. The molecule has 4 heterocycles. The lowest BCUT2D eigenvalue weighted by Gasteiger charge is -2.18. The number of nitrogens with zero attached hydrogens (tertiary/aromatic N) is 3. The van der Waals surface area contributed by atoms with Gasteiger partial charge in [-0.1, -0.05) is 0 Å². The molecule has 2 aliphatic rings. The number of aromatic nitrogens is 2. The second-order valence-electron chi connectivity index (χ2n) is 8.95. The fourth-order valence-electron chi connectivity index (χ4n) is 4.68. The van der Waals surface area contributed by atoms with Crippen molar-refractivity contribution in [2.75, 3.05) is 44.4 Å². The van der Waals surface area contributed by atoms with Crippen LogP contribution in [-0.4, -0.2) is 70.6 Å². The Morgan fingerprint density at radius 2 is 2.03 bits per heavy atom. The molecule has 9 nitrogen and oxygen atoms in total. The van der Waals surface area contributed by atoms with E-state index in [0.717, 1.165) is 28.0 Å². The summed E-state index contributed by atoms with van der Waals surface area (Å²) in [4.78, 5) is 31.9. The van der Waals surface area contributed by atoms with Gasteiger partial charge in [0.1, 0.15) is 11.6 Å². The van der Waals surface area contributed by atoms with Crippen LogP contribution in [0.25, 0.3) is 10.9 Å². The van der Waals surface area contributed by atoms with Crippen LogP contribution in [0.3, 0.4) is 0 Å². The average Bonchev–Trinajstić information content (AvgIpc) is 3.21. The first kappa shape index (κ1) is 23.8. The number of rotatable bonds is 8. The number of benzene rings is 1. The number of hydrogen-bond acceptors (Lipinski definition) is 8. The Morgan fingerprint density at radius 1 is 1.17 bits per heavy atom. The Labute approximate surface area is 207 Å². The molecule has 1 fully saturated rings. The van der Waals surface area contributed by atoms with E-state index in [1.807, 2.05) is 36.4 Å². The lowest BCUT2D eigenvalue weighted by atomic mass is 10.1. The Kier molecular flexibility index (Phi) is 7.05. The summed E-state index contributed by atoms with van der Waals surface area (Å²) in [5, 5.41) is 17.8. The van der Waals surface area contributed by atoms with E-state index in [1.54, 1.807) is 17.7 Å². The summed E-state index contributed by atoms with van der Waals surface area (Å²) in [7, 11) is 1.62. The monoisotopic (exact) mass is 495 g/mol. The fraction of sp³-hybridized carbons (Fsp3) is 0.400. The molecular weight excluding hydrogens is 466 g/mol. The molecule has 3 N–H and O–H groups in total. The van der Waals surface area contributed by atoms with Gasteiger partial charge in [-0.25, -0.2) is 4.98 Å². The number of carbonyl (C=O) groups excluding carboxylic acids is 1. The predicted octanol–water partition coefficient (Wildman–Crippen LogP) is 1.53. The summed E-state index contributed by atoms with van der Waals surface area (Å²) in [5.74, 6) is 1.82. The van der Waals surface area contributed by atoms with Gasteiger partial charge in [-0.15, -0.1) is 11.8 Å². The number of β-amino-alcohol motifs (C(OH)–C–C–N with tert-alkyl or cyclic N) is 1. The molecule has 0 saturated carbocycles. The molecule has 0 spiro atoms. The van der Waals surface area contributed by atoms with Crippen molar-refractivity contribution in [3.05, 3.63) is 58.5 Å². The van der Waals surface area contributed by atoms with Crippen molar-refractivity contribution >= 4 is 34.4 Å². The van der Waals surface area contributed by atoms with Crippen LogP contribution < -0.4 is 20.9 Å². The van der Waals surface area contributed by atoms with E-state index < -0.39 is 6.10 Å². The van der Waals surface area contributed by atoms with Crippen molar-refractivity contribution in [1.29, 1.82) is 0 Å². The van der Waals surface area contributed by atoms with E-state index in [-0.39, 0.29) is 17.4 Å². The minimum atomic E-state index is -0.431. The third kappa shape index (κ3) is 5.35. The van der Waals surface area contributed by atoms with Crippen molar-refractivity contribution in [3.8, 4) is 5.75 Å². The number of ether oxygens (including phenoxy) is 1. The largest absolute Gasteiger partial charge is 0.497 e. The molecule has 5 rings (SSSR count). The van der Waals surface area contributed by atoms with Crippen LogP contribution in [0.15, 0.2) is 52.2 Å². The molecule has 2 aromatic heterocycles. The van der Waals surface area contributed by atoms with Gasteiger partial charge in [0.05, 0.1) is 35.1 Å². The number of anilines is 1. The first-order valence-corrected chi connectivity index (χ1v) is 12.7. The minimum Gasteiger partial charge on any atom is -0.497 e. The molecule has 35 heavy (non-hydrogen) atoms. The number of thioether (sulfide) groups is 1. The van der Waals surface area contributed by atoms with E-state index in [0.29, 0.717) is 50.0 Å². The molecule has 0 aliphatic carbocycles. The van der Waals surface area contributed by atoms with Gasteiger partial charge in [-0.2, -0.15) is 0 Å². The molecule has 2 atom stereocenters. The van der Waals surface area contributed by atoms with Crippen LogP contribution in [0.2, 0.25) is 0 Å². The number of pyridine rings is 2. The second-order valence-corrected chi connectivity index (χ2v) is 9.97. The van der Waals surface area contributed by atoms with E-state index in [4.69, 9.17) is 4.74 Å². The van der Waals surface area contributed by atoms with Crippen molar-refractivity contribution < 1.29 is 14.6 Å². The van der Waals surface area contributed by atoms with Crippen molar-refractivity contribution in [3.63, 3.8) is 0 Å². The molecule has 1 saturated heterocycles. The van der Waals surface area contributed by atoms with Crippen molar-refractivity contribution in [2.45, 2.75) is 24.1 Å². The number of aliphatic hydroxyl groups is 1. The van der Waals surface area contributed by atoms with Crippen LogP contribution >= 0.6 is 11.8 Å². The highest BCUT2D eigenvalue weighted by Crippen LogP contribution is 2.29. The molecular formula is C25H29N5O4S. The van der Waals surface area contributed by atoms with E-state index in [1.165, 1.54) is 11.8 Å². The highest BCUT2D eigenvalue weighted by atomic mass is 32.2. The lowest BCUT2D eigenvalue weighted by Crippen LogP contribution is -2.31. The van der Waals surface area contributed by atoms with Crippen LogP contribution in [0.1, 0.15) is 5.69 Å². The molecule has 184 valence electrons. The Hall–Kier alpha value is -2.92. The van der Waals surface area contributed by atoms with Gasteiger partial charge < -0.3 is 25.0 Å². The number of carbonyl (C=O) groups is 1. The maximum atomic E-state index is 12.6. The molecule has 2 aliphatic heterocycles. The Balaban J connectivity index is 1.16. The van der Waals surface area contributed by atoms with Crippen LogP contribution in [0.5, 0.6) is 5.75 Å². The summed E-state index contributed by atoms with van der Waals surface area (Å²) < 4.78 is 7.11. The summed E-state index contributed by atoms with van der Waals surface area (Å²) >= 11 is 1.50. The van der Waals surface area contributed by atoms with E-state index in [9.17, 15) is 14.7 Å². The second kappa shape index (κ2) is 10.4. The average molecular weight is 496 g/mol. The zero-order valence-electron chi connectivity index (χ0n) is 19.6. The number of hydrogen-bond donors (Lipinski definition) is 3. The fourth-order valence-corrected chi connectivity index (χ4v) is 5.44. The standard InChI is InChI=1S/C25H29N5O4S/c1-34-19-5-2-16-3-7-24(33)30(20(16)10-19)9-8-29-13-17(21(31)14-29)11-26-12-18-4-6-22-25(27-18)28-23(32)15-35-22/h2-7,10,17,21,26,31H,8-9,11-15H2,1H3,(H,27,28,32)/t17-,21+/m0/s1. The third-order valence-corrected chi connectivity index (χ3v) is 7.61. The zero-order valence-corrected chi connectivity index (χ0v) is 20.4. The highest BCUT2D eigenvalue weighted by Gasteiger charge is 2.30.